The van der Waals surface area contributed by atoms with E-state index in [2.05, 4.69) is 33.0 Å². The molecule has 1 fully saturated rings. The van der Waals surface area contributed by atoms with E-state index < -0.39 is 0 Å². The predicted molar refractivity (Wildman–Crippen MR) is 86.1 cm³/mol. The number of amides is 1. The molecule has 2 aromatic rings. The first-order chi connectivity index (χ1) is 10.2. The molecule has 1 atom stereocenters. The van der Waals surface area contributed by atoms with Crippen LogP contribution in [-0.2, 0) is 6.42 Å². The van der Waals surface area contributed by atoms with Crippen LogP contribution in [0.3, 0.4) is 0 Å². The molecule has 0 saturated carbocycles. The number of hydrogen-bond donors (Lipinski definition) is 0. The van der Waals surface area contributed by atoms with Gasteiger partial charge in [0.2, 0.25) is 0 Å². The van der Waals surface area contributed by atoms with E-state index in [1.165, 1.54) is 5.56 Å². The van der Waals surface area contributed by atoms with Gasteiger partial charge in [0, 0.05) is 12.6 Å². The van der Waals surface area contributed by atoms with Gasteiger partial charge in [0.25, 0.3) is 5.91 Å². The molecular formula is C17H17BrN2O. The number of benzene rings is 1. The van der Waals surface area contributed by atoms with Crippen LogP contribution in [0.15, 0.2) is 53.1 Å². The smallest absolute Gasteiger partial charge is 0.272 e. The second kappa shape index (κ2) is 6.39. The summed E-state index contributed by atoms with van der Waals surface area (Å²) in [5, 5.41) is 0. The highest BCUT2D eigenvalue weighted by atomic mass is 79.9. The van der Waals surface area contributed by atoms with Crippen LogP contribution in [0.2, 0.25) is 0 Å². The molecule has 0 aliphatic carbocycles. The topological polar surface area (TPSA) is 33.2 Å². The number of nitrogens with zero attached hydrogens (tertiary/aromatic N) is 2. The first-order valence-electron chi connectivity index (χ1n) is 7.21. The van der Waals surface area contributed by atoms with Gasteiger partial charge < -0.3 is 4.90 Å². The second-order valence-corrected chi connectivity index (χ2v) is 6.14. The number of likely N-dealkylation sites (tertiary alicyclic amines) is 1. The molecule has 1 aromatic carbocycles. The van der Waals surface area contributed by atoms with Crippen molar-refractivity contribution in [1.82, 2.24) is 9.88 Å². The summed E-state index contributed by atoms with van der Waals surface area (Å²) in [7, 11) is 0. The Morgan fingerprint density at radius 2 is 2.00 bits per heavy atom. The van der Waals surface area contributed by atoms with E-state index in [-0.39, 0.29) is 11.9 Å². The lowest BCUT2D eigenvalue weighted by Gasteiger charge is -2.24. The van der Waals surface area contributed by atoms with Gasteiger partial charge in [-0.3, -0.25) is 4.79 Å². The molecule has 1 saturated heterocycles. The summed E-state index contributed by atoms with van der Waals surface area (Å²) in [6.07, 6.45) is 3.05. The third kappa shape index (κ3) is 3.32. The number of halogens is 1. The van der Waals surface area contributed by atoms with E-state index in [0.29, 0.717) is 10.3 Å². The summed E-state index contributed by atoms with van der Waals surface area (Å²) < 4.78 is 0.701. The Hall–Kier alpha value is -1.68. The first kappa shape index (κ1) is 14.3. The molecule has 1 aliphatic rings. The van der Waals surface area contributed by atoms with Crippen molar-refractivity contribution in [2.45, 2.75) is 25.3 Å². The molecule has 0 spiro atoms. The fourth-order valence-electron chi connectivity index (χ4n) is 2.88. The van der Waals surface area contributed by atoms with Crippen molar-refractivity contribution in [2.75, 3.05) is 6.54 Å². The lowest BCUT2D eigenvalue weighted by atomic mass is 10.0. The molecule has 1 amide bonds. The molecule has 1 aromatic heterocycles. The van der Waals surface area contributed by atoms with Gasteiger partial charge in [-0.15, -0.1) is 0 Å². The molecule has 2 heterocycles. The highest BCUT2D eigenvalue weighted by molar-refractivity contribution is 9.10. The van der Waals surface area contributed by atoms with Crippen LogP contribution in [0.25, 0.3) is 0 Å². The van der Waals surface area contributed by atoms with Crippen LogP contribution in [0.5, 0.6) is 0 Å². The number of hydrogen-bond acceptors (Lipinski definition) is 2. The summed E-state index contributed by atoms with van der Waals surface area (Å²) in [5.74, 6) is 0.0368. The van der Waals surface area contributed by atoms with Crippen molar-refractivity contribution in [2.24, 2.45) is 0 Å². The average molecular weight is 345 g/mol. The Balaban J connectivity index is 1.76. The van der Waals surface area contributed by atoms with E-state index in [1.54, 1.807) is 6.07 Å². The Kier molecular flexibility index (Phi) is 4.34. The van der Waals surface area contributed by atoms with Crippen molar-refractivity contribution in [3.63, 3.8) is 0 Å². The Morgan fingerprint density at radius 3 is 2.76 bits per heavy atom. The van der Waals surface area contributed by atoms with E-state index in [9.17, 15) is 4.79 Å². The molecule has 21 heavy (non-hydrogen) atoms. The fourth-order valence-corrected chi connectivity index (χ4v) is 3.22. The second-order valence-electron chi connectivity index (χ2n) is 5.33. The Labute approximate surface area is 133 Å². The number of carbonyl (C=O) groups excluding carboxylic acids is 1. The molecule has 108 valence electrons. The third-order valence-corrected chi connectivity index (χ3v) is 4.33. The van der Waals surface area contributed by atoms with Crippen LogP contribution < -0.4 is 0 Å². The Bertz CT molecular complexity index is 630. The number of pyridine rings is 1. The number of rotatable bonds is 3. The largest absolute Gasteiger partial charge is 0.334 e. The lowest BCUT2D eigenvalue weighted by Crippen LogP contribution is -2.37. The number of carbonyl (C=O) groups is 1. The summed E-state index contributed by atoms with van der Waals surface area (Å²) in [6, 6.07) is 16.1. The maximum atomic E-state index is 12.6. The van der Waals surface area contributed by atoms with Crippen molar-refractivity contribution in [3.8, 4) is 0 Å². The van der Waals surface area contributed by atoms with Crippen molar-refractivity contribution >= 4 is 21.8 Å². The van der Waals surface area contributed by atoms with Crippen LogP contribution in [-0.4, -0.2) is 28.4 Å². The Morgan fingerprint density at radius 1 is 1.19 bits per heavy atom. The van der Waals surface area contributed by atoms with Gasteiger partial charge in [0.15, 0.2) is 0 Å². The highest BCUT2D eigenvalue weighted by Crippen LogP contribution is 2.23. The van der Waals surface area contributed by atoms with Crippen LogP contribution in [0, 0.1) is 0 Å². The van der Waals surface area contributed by atoms with Gasteiger partial charge in [-0.2, -0.15) is 0 Å². The summed E-state index contributed by atoms with van der Waals surface area (Å²) >= 11 is 3.33. The van der Waals surface area contributed by atoms with Gasteiger partial charge in [-0.05, 0) is 52.9 Å². The summed E-state index contributed by atoms with van der Waals surface area (Å²) in [4.78, 5) is 18.9. The zero-order valence-corrected chi connectivity index (χ0v) is 13.3. The average Bonchev–Trinajstić information content (AvgIpc) is 2.95. The lowest BCUT2D eigenvalue weighted by molar-refractivity contribution is 0.0730. The molecule has 4 heteroatoms. The molecule has 0 N–H and O–H groups in total. The fraction of sp³-hybridized carbons (Fsp3) is 0.294. The van der Waals surface area contributed by atoms with Gasteiger partial charge in [-0.25, -0.2) is 4.98 Å². The normalized spacial score (nSPS) is 18.0. The first-order valence-corrected chi connectivity index (χ1v) is 8.01. The standard InChI is InChI=1S/C17H17BrN2O/c18-16-10-4-9-15(19-16)17(21)20-11-5-8-14(20)12-13-6-2-1-3-7-13/h1-4,6-7,9-10,14H,5,8,11-12H2. The minimum absolute atomic E-state index is 0.0368. The van der Waals surface area contributed by atoms with E-state index in [1.807, 2.05) is 35.2 Å². The summed E-state index contributed by atoms with van der Waals surface area (Å²) in [5.41, 5.74) is 1.80. The van der Waals surface area contributed by atoms with Gasteiger partial charge in [0.1, 0.15) is 10.3 Å². The molecule has 3 nitrogen and oxygen atoms in total. The van der Waals surface area contributed by atoms with Crippen LogP contribution in [0.1, 0.15) is 28.9 Å². The quantitative estimate of drug-likeness (QED) is 0.795. The predicted octanol–water partition coefficient (Wildman–Crippen LogP) is 3.69. The molecule has 1 unspecified atom stereocenters. The molecule has 0 bridgehead atoms. The van der Waals surface area contributed by atoms with Crippen molar-refractivity contribution in [1.29, 1.82) is 0 Å². The monoisotopic (exact) mass is 344 g/mol. The third-order valence-electron chi connectivity index (χ3n) is 3.89. The number of aromatic nitrogens is 1. The SMILES string of the molecule is O=C(c1cccc(Br)n1)N1CCCC1Cc1ccccc1. The minimum Gasteiger partial charge on any atom is -0.334 e. The van der Waals surface area contributed by atoms with E-state index in [4.69, 9.17) is 0 Å². The maximum Gasteiger partial charge on any atom is 0.272 e. The van der Waals surface area contributed by atoms with Gasteiger partial charge in [-0.1, -0.05) is 36.4 Å². The minimum atomic E-state index is 0.0368. The van der Waals surface area contributed by atoms with E-state index in [0.717, 1.165) is 25.8 Å². The molecular weight excluding hydrogens is 328 g/mol. The van der Waals surface area contributed by atoms with Crippen molar-refractivity contribution < 1.29 is 4.79 Å². The van der Waals surface area contributed by atoms with Gasteiger partial charge >= 0.3 is 0 Å². The van der Waals surface area contributed by atoms with Crippen LogP contribution >= 0.6 is 15.9 Å². The zero-order chi connectivity index (χ0) is 14.7. The summed E-state index contributed by atoms with van der Waals surface area (Å²) in [6.45, 7) is 0.824. The zero-order valence-electron chi connectivity index (χ0n) is 11.7. The van der Waals surface area contributed by atoms with E-state index >= 15 is 0 Å². The van der Waals surface area contributed by atoms with Crippen molar-refractivity contribution in [3.05, 3.63) is 64.4 Å². The maximum absolute atomic E-state index is 12.6. The highest BCUT2D eigenvalue weighted by Gasteiger charge is 2.30. The molecule has 1 aliphatic heterocycles. The molecule has 3 rings (SSSR count). The molecule has 0 radical (unpaired) electrons. The van der Waals surface area contributed by atoms with Crippen LogP contribution in [0.4, 0.5) is 0 Å². The van der Waals surface area contributed by atoms with Gasteiger partial charge in [0.05, 0.1) is 0 Å².